The lowest BCUT2D eigenvalue weighted by atomic mass is 10.3. The van der Waals surface area contributed by atoms with Gasteiger partial charge in [-0.05, 0) is 25.3 Å². The number of piperidine rings is 1. The van der Waals surface area contributed by atoms with Gasteiger partial charge in [-0.15, -0.1) is 0 Å². The summed E-state index contributed by atoms with van der Waals surface area (Å²) in [5.41, 5.74) is 0. The molecule has 0 aromatic carbocycles. The van der Waals surface area contributed by atoms with E-state index in [0.29, 0.717) is 10.2 Å². The summed E-state index contributed by atoms with van der Waals surface area (Å²) in [5.74, 6) is 3.22. The molecule has 3 heterocycles. The largest absolute Gasteiger partial charge is 0.353 e. The highest BCUT2D eigenvalue weighted by molar-refractivity contribution is 6.42. The molecule has 0 bridgehead atoms. The smallest absolute Gasteiger partial charge is 0.228 e. The lowest BCUT2D eigenvalue weighted by Gasteiger charge is -2.34. The van der Waals surface area contributed by atoms with Gasteiger partial charge in [-0.2, -0.15) is 9.97 Å². The van der Waals surface area contributed by atoms with E-state index in [9.17, 15) is 0 Å². The topological polar surface area (TPSA) is 35.5 Å². The number of fused-ring (bicyclic) bond motifs is 1. The molecular formula is C14H19Cl2N5. The first-order valence-electron chi connectivity index (χ1n) is 7.53. The summed E-state index contributed by atoms with van der Waals surface area (Å²) in [5, 5.41) is 0.852. The maximum atomic E-state index is 6.35. The number of aromatic nitrogens is 2. The number of hydrogen-bond acceptors (Lipinski definition) is 5. The van der Waals surface area contributed by atoms with E-state index in [1.165, 1.54) is 6.42 Å². The molecule has 7 heteroatoms. The van der Waals surface area contributed by atoms with E-state index in [-0.39, 0.29) is 0 Å². The number of rotatable bonds is 2. The van der Waals surface area contributed by atoms with Crippen molar-refractivity contribution in [2.75, 3.05) is 56.1 Å². The van der Waals surface area contributed by atoms with Crippen molar-refractivity contribution in [2.45, 2.75) is 6.42 Å². The van der Waals surface area contributed by atoms with Gasteiger partial charge in [-0.25, -0.2) is 0 Å². The van der Waals surface area contributed by atoms with Gasteiger partial charge < -0.3 is 14.7 Å². The maximum Gasteiger partial charge on any atom is 0.228 e. The minimum atomic E-state index is 0.371. The zero-order valence-electron chi connectivity index (χ0n) is 12.1. The average molecular weight is 328 g/mol. The molecule has 3 aliphatic rings. The van der Waals surface area contributed by atoms with Crippen LogP contribution < -0.4 is 9.80 Å². The lowest BCUT2D eigenvalue weighted by Crippen LogP contribution is -2.45. The molecular weight excluding hydrogens is 309 g/mol. The van der Waals surface area contributed by atoms with Crippen molar-refractivity contribution >= 4 is 35.0 Å². The van der Waals surface area contributed by atoms with Gasteiger partial charge in [0.15, 0.2) is 11.0 Å². The minimum absolute atomic E-state index is 0.371. The Morgan fingerprint density at radius 1 is 0.952 bits per heavy atom. The van der Waals surface area contributed by atoms with Gasteiger partial charge in [0.1, 0.15) is 5.02 Å². The van der Waals surface area contributed by atoms with Crippen LogP contribution in [0.3, 0.4) is 0 Å². The molecule has 0 N–H and O–H groups in total. The van der Waals surface area contributed by atoms with Crippen LogP contribution in [-0.4, -0.2) is 61.2 Å². The predicted octanol–water partition coefficient (Wildman–Crippen LogP) is 1.99. The Labute approximate surface area is 134 Å². The minimum Gasteiger partial charge on any atom is -0.353 e. The molecule has 2 atom stereocenters. The number of likely N-dealkylation sites (N-methyl/N-ethyl adjacent to an activating group) is 1. The fourth-order valence-corrected chi connectivity index (χ4v) is 3.69. The van der Waals surface area contributed by atoms with Crippen LogP contribution in [0.15, 0.2) is 0 Å². The summed E-state index contributed by atoms with van der Waals surface area (Å²) < 4.78 is 0. The van der Waals surface area contributed by atoms with E-state index in [0.717, 1.165) is 62.9 Å². The molecule has 1 aromatic heterocycles. The summed E-state index contributed by atoms with van der Waals surface area (Å²) in [4.78, 5) is 15.9. The highest BCUT2D eigenvalue weighted by Crippen LogP contribution is 2.46. The van der Waals surface area contributed by atoms with Crippen molar-refractivity contribution in [3.05, 3.63) is 10.2 Å². The summed E-state index contributed by atoms with van der Waals surface area (Å²) in [6.45, 7) is 6.00. The molecule has 1 aliphatic carbocycles. The van der Waals surface area contributed by atoms with E-state index in [2.05, 4.69) is 26.7 Å². The maximum absolute atomic E-state index is 6.35. The first-order chi connectivity index (χ1) is 10.1. The quantitative estimate of drug-likeness (QED) is 0.776. The average Bonchev–Trinajstić information content (AvgIpc) is 3.09. The van der Waals surface area contributed by atoms with Gasteiger partial charge in [0.2, 0.25) is 5.95 Å². The Morgan fingerprint density at radius 3 is 2.29 bits per heavy atom. The molecule has 2 aliphatic heterocycles. The second-order valence-electron chi connectivity index (χ2n) is 6.40. The molecule has 1 saturated carbocycles. The van der Waals surface area contributed by atoms with Gasteiger partial charge in [-0.1, -0.05) is 23.2 Å². The molecule has 2 unspecified atom stereocenters. The van der Waals surface area contributed by atoms with Crippen molar-refractivity contribution in [1.82, 2.24) is 14.9 Å². The second kappa shape index (κ2) is 5.14. The van der Waals surface area contributed by atoms with Crippen LogP contribution >= 0.6 is 23.2 Å². The van der Waals surface area contributed by atoms with Crippen molar-refractivity contribution in [1.29, 1.82) is 0 Å². The summed E-state index contributed by atoms with van der Waals surface area (Å²) in [6, 6.07) is 0. The number of piperazine rings is 1. The molecule has 0 radical (unpaired) electrons. The Kier molecular flexibility index (Phi) is 3.39. The van der Waals surface area contributed by atoms with Crippen LogP contribution in [0, 0.1) is 11.8 Å². The third-order valence-electron chi connectivity index (χ3n) is 4.85. The molecule has 3 fully saturated rings. The van der Waals surface area contributed by atoms with E-state index >= 15 is 0 Å². The standard InChI is InChI=1S/C14H19Cl2N5/c1-19-2-4-20(5-3-19)13-11(15)12(16)17-14(18-13)21-7-9-6-10(9)8-21/h9-10H,2-8H2,1H3. The van der Waals surface area contributed by atoms with Gasteiger partial charge >= 0.3 is 0 Å². The molecule has 1 aromatic rings. The fourth-order valence-electron chi connectivity index (χ4n) is 3.33. The fraction of sp³-hybridized carbons (Fsp3) is 0.714. The van der Waals surface area contributed by atoms with E-state index < -0.39 is 0 Å². The van der Waals surface area contributed by atoms with Crippen LogP contribution in [-0.2, 0) is 0 Å². The van der Waals surface area contributed by atoms with E-state index in [1.807, 2.05) is 0 Å². The van der Waals surface area contributed by atoms with Crippen molar-refractivity contribution < 1.29 is 0 Å². The normalized spacial score (nSPS) is 28.9. The van der Waals surface area contributed by atoms with Crippen LogP contribution in [0.1, 0.15) is 6.42 Å². The molecule has 0 amide bonds. The molecule has 21 heavy (non-hydrogen) atoms. The van der Waals surface area contributed by atoms with Crippen LogP contribution in [0.25, 0.3) is 0 Å². The monoisotopic (exact) mass is 327 g/mol. The number of hydrogen-bond donors (Lipinski definition) is 0. The Balaban J connectivity index is 1.61. The van der Waals surface area contributed by atoms with Gasteiger partial charge in [-0.3, -0.25) is 0 Å². The van der Waals surface area contributed by atoms with Crippen LogP contribution in [0.4, 0.5) is 11.8 Å². The highest BCUT2D eigenvalue weighted by atomic mass is 35.5. The Bertz CT molecular complexity index is 549. The van der Waals surface area contributed by atoms with Crippen LogP contribution in [0.2, 0.25) is 10.2 Å². The van der Waals surface area contributed by atoms with Gasteiger partial charge in [0, 0.05) is 39.3 Å². The zero-order chi connectivity index (χ0) is 14.6. The Morgan fingerprint density at radius 2 is 1.62 bits per heavy atom. The van der Waals surface area contributed by atoms with Crippen LogP contribution in [0.5, 0.6) is 0 Å². The SMILES string of the molecule is CN1CCN(c2nc(N3CC4CC4C3)nc(Cl)c2Cl)CC1. The van der Waals surface area contributed by atoms with E-state index in [4.69, 9.17) is 28.2 Å². The van der Waals surface area contributed by atoms with Gasteiger partial charge in [0.25, 0.3) is 0 Å². The van der Waals surface area contributed by atoms with Crippen molar-refractivity contribution in [3.63, 3.8) is 0 Å². The Hall–Kier alpha value is -0.780. The number of nitrogens with zero attached hydrogens (tertiary/aromatic N) is 5. The molecule has 5 nitrogen and oxygen atoms in total. The van der Waals surface area contributed by atoms with E-state index in [1.54, 1.807) is 0 Å². The highest BCUT2D eigenvalue weighted by Gasteiger charge is 2.46. The van der Waals surface area contributed by atoms with Crippen molar-refractivity contribution in [3.8, 4) is 0 Å². The number of halogens is 2. The second-order valence-corrected chi connectivity index (χ2v) is 7.14. The van der Waals surface area contributed by atoms with Crippen molar-refractivity contribution in [2.24, 2.45) is 11.8 Å². The molecule has 114 valence electrons. The first kappa shape index (κ1) is 13.9. The third kappa shape index (κ3) is 2.56. The summed E-state index contributed by atoms with van der Waals surface area (Å²) in [6.07, 6.45) is 1.36. The summed E-state index contributed by atoms with van der Waals surface area (Å²) >= 11 is 12.6. The lowest BCUT2D eigenvalue weighted by molar-refractivity contribution is 0.312. The molecule has 0 spiro atoms. The zero-order valence-corrected chi connectivity index (χ0v) is 13.6. The molecule has 2 saturated heterocycles. The predicted molar refractivity (Wildman–Crippen MR) is 85.6 cm³/mol. The third-order valence-corrected chi connectivity index (χ3v) is 5.56. The summed E-state index contributed by atoms with van der Waals surface area (Å²) in [7, 11) is 2.13. The van der Waals surface area contributed by atoms with Gasteiger partial charge in [0.05, 0.1) is 0 Å². The first-order valence-corrected chi connectivity index (χ1v) is 8.29. The number of anilines is 2. The molecule has 4 rings (SSSR count).